The number of ether oxygens (including phenoxy) is 1. The molecule has 10 heteroatoms. The van der Waals surface area contributed by atoms with Crippen molar-refractivity contribution in [2.45, 2.75) is 11.3 Å². The molecule has 3 rings (SSSR count). The zero-order chi connectivity index (χ0) is 21.5. The van der Waals surface area contributed by atoms with Gasteiger partial charge in [0, 0.05) is 17.9 Å². The van der Waals surface area contributed by atoms with Gasteiger partial charge in [0.15, 0.2) is 0 Å². The smallest absolute Gasteiger partial charge is 0.261 e. The average molecular weight is 463 g/mol. The zero-order valence-electron chi connectivity index (χ0n) is 16.3. The number of thioether (sulfide) groups is 1. The second-order valence-electron chi connectivity index (χ2n) is 6.01. The van der Waals surface area contributed by atoms with Crippen molar-refractivity contribution in [3.05, 3.63) is 63.6 Å². The third-order valence-electron chi connectivity index (χ3n) is 4.08. The number of rotatable bonds is 8. The van der Waals surface area contributed by atoms with E-state index in [9.17, 15) is 9.59 Å². The summed E-state index contributed by atoms with van der Waals surface area (Å²) < 4.78 is 5.32. The van der Waals surface area contributed by atoms with Crippen LogP contribution in [0, 0.1) is 0 Å². The van der Waals surface area contributed by atoms with Gasteiger partial charge in [-0.3, -0.25) is 14.9 Å². The van der Waals surface area contributed by atoms with Crippen molar-refractivity contribution >= 4 is 51.6 Å². The molecule has 0 bridgehead atoms. The first-order valence-corrected chi connectivity index (χ1v) is 11.3. The van der Waals surface area contributed by atoms with E-state index in [1.165, 1.54) is 18.4 Å². The summed E-state index contributed by atoms with van der Waals surface area (Å²) in [5.41, 5.74) is 0.838. The summed E-state index contributed by atoms with van der Waals surface area (Å²) in [5.74, 6) is -0.0833. The van der Waals surface area contributed by atoms with E-state index in [1.54, 1.807) is 42.1 Å². The Morgan fingerprint density at radius 2 is 1.93 bits per heavy atom. The van der Waals surface area contributed by atoms with Crippen LogP contribution in [0.2, 0.25) is 5.02 Å². The topological polar surface area (TPSA) is 93.2 Å². The molecule has 30 heavy (non-hydrogen) atoms. The predicted molar refractivity (Wildman–Crippen MR) is 120 cm³/mol. The molecule has 0 spiro atoms. The number of amides is 2. The van der Waals surface area contributed by atoms with Gasteiger partial charge in [0.25, 0.3) is 11.8 Å². The summed E-state index contributed by atoms with van der Waals surface area (Å²) in [5, 5.41) is 15.1. The molecule has 0 aliphatic heterocycles. The summed E-state index contributed by atoms with van der Waals surface area (Å²) in [6, 6.07) is 12.2. The molecule has 0 saturated carbocycles. The largest absolute Gasteiger partial charge is 0.496 e. The van der Waals surface area contributed by atoms with Crippen LogP contribution in [-0.2, 0) is 6.42 Å². The first-order valence-electron chi connectivity index (χ1n) is 8.90. The number of anilines is 1. The van der Waals surface area contributed by atoms with E-state index in [0.717, 1.165) is 4.90 Å². The molecule has 0 aliphatic carbocycles. The Labute approximate surface area is 187 Å². The Balaban J connectivity index is 1.56. The fourth-order valence-electron chi connectivity index (χ4n) is 2.58. The van der Waals surface area contributed by atoms with E-state index < -0.39 is 0 Å². The highest BCUT2D eigenvalue weighted by Gasteiger charge is 2.16. The van der Waals surface area contributed by atoms with Crippen LogP contribution in [0.4, 0.5) is 5.13 Å². The summed E-state index contributed by atoms with van der Waals surface area (Å²) in [4.78, 5) is 25.7. The lowest BCUT2D eigenvalue weighted by molar-refractivity contribution is 0.0953. The number of aromatic nitrogens is 2. The summed E-state index contributed by atoms with van der Waals surface area (Å²) in [6.07, 6.45) is 2.43. The maximum atomic E-state index is 12.6. The van der Waals surface area contributed by atoms with Gasteiger partial charge in [-0.1, -0.05) is 35.1 Å². The molecule has 1 heterocycles. The number of nitrogens with one attached hydrogen (secondary N) is 2. The molecule has 0 radical (unpaired) electrons. The van der Waals surface area contributed by atoms with E-state index in [2.05, 4.69) is 20.8 Å². The predicted octanol–water partition coefficient (Wildman–Crippen LogP) is 4.15. The third kappa shape index (κ3) is 5.50. The minimum atomic E-state index is -0.325. The SMILES string of the molecule is COc1cc(SC)ccc1C(=O)Nc1nnc(CCNC(=O)c2ccccc2Cl)s1. The van der Waals surface area contributed by atoms with Crippen molar-refractivity contribution in [3.63, 3.8) is 0 Å². The van der Waals surface area contributed by atoms with Crippen LogP contribution in [0.25, 0.3) is 0 Å². The first kappa shape index (κ1) is 22.1. The lowest BCUT2D eigenvalue weighted by Crippen LogP contribution is -2.25. The maximum absolute atomic E-state index is 12.6. The van der Waals surface area contributed by atoms with Crippen LogP contribution < -0.4 is 15.4 Å². The van der Waals surface area contributed by atoms with Gasteiger partial charge in [0.1, 0.15) is 10.8 Å². The van der Waals surface area contributed by atoms with Gasteiger partial charge in [-0.25, -0.2) is 0 Å². The molecule has 0 fully saturated rings. The van der Waals surface area contributed by atoms with Crippen LogP contribution in [0.15, 0.2) is 47.4 Å². The highest BCUT2D eigenvalue weighted by atomic mass is 35.5. The minimum absolute atomic E-state index is 0.251. The monoisotopic (exact) mass is 462 g/mol. The Hall–Kier alpha value is -2.62. The second kappa shape index (κ2) is 10.4. The molecular formula is C20H19ClN4O3S2. The van der Waals surface area contributed by atoms with Gasteiger partial charge < -0.3 is 10.1 Å². The van der Waals surface area contributed by atoms with Crippen molar-refractivity contribution in [3.8, 4) is 5.75 Å². The molecule has 3 aromatic rings. The highest BCUT2D eigenvalue weighted by molar-refractivity contribution is 7.98. The Morgan fingerprint density at radius 3 is 2.67 bits per heavy atom. The number of hydrogen-bond donors (Lipinski definition) is 2. The minimum Gasteiger partial charge on any atom is -0.496 e. The molecule has 0 aliphatic rings. The van der Waals surface area contributed by atoms with Gasteiger partial charge in [-0.2, -0.15) is 0 Å². The zero-order valence-corrected chi connectivity index (χ0v) is 18.7. The lowest BCUT2D eigenvalue weighted by Gasteiger charge is -2.09. The third-order valence-corrected chi connectivity index (χ3v) is 6.04. The van der Waals surface area contributed by atoms with Gasteiger partial charge in [0.05, 0.1) is 23.3 Å². The summed E-state index contributed by atoms with van der Waals surface area (Å²) >= 11 is 8.84. The van der Waals surface area contributed by atoms with Crippen molar-refractivity contribution in [1.29, 1.82) is 0 Å². The summed E-state index contributed by atoms with van der Waals surface area (Å²) in [7, 11) is 1.52. The lowest BCUT2D eigenvalue weighted by atomic mass is 10.2. The molecule has 0 atom stereocenters. The van der Waals surface area contributed by atoms with Crippen LogP contribution in [0.3, 0.4) is 0 Å². The number of carbonyl (C=O) groups excluding carboxylic acids is 2. The van der Waals surface area contributed by atoms with Crippen LogP contribution in [0.1, 0.15) is 25.7 Å². The molecule has 7 nitrogen and oxygen atoms in total. The Bertz CT molecular complexity index is 1060. The van der Waals surface area contributed by atoms with E-state index >= 15 is 0 Å². The van der Waals surface area contributed by atoms with Crippen molar-refractivity contribution in [2.75, 3.05) is 25.2 Å². The second-order valence-corrected chi connectivity index (χ2v) is 8.36. The fourth-order valence-corrected chi connectivity index (χ4v) is 3.96. The molecule has 1 aromatic heterocycles. The first-order chi connectivity index (χ1) is 14.5. The number of methoxy groups -OCH3 is 1. The Morgan fingerprint density at radius 1 is 1.13 bits per heavy atom. The number of nitrogens with zero attached hydrogens (tertiary/aromatic N) is 2. The van der Waals surface area contributed by atoms with Crippen molar-refractivity contribution in [1.82, 2.24) is 15.5 Å². The summed E-state index contributed by atoms with van der Waals surface area (Å²) in [6.45, 7) is 0.372. The standard InChI is InChI=1S/C20H19ClN4O3S2/c1-28-16-11-12(29-2)7-8-14(16)19(27)23-20-25-24-17(30-20)9-10-22-18(26)13-5-3-4-6-15(13)21/h3-8,11H,9-10H2,1-2H3,(H,22,26)(H,23,25,27). The van der Waals surface area contributed by atoms with E-state index in [-0.39, 0.29) is 11.8 Å². The maximum Gasteiger partial charge on any atom is 0.261 e. The fraction of sp³-hybridized carbons (Fsp3) is 0.200. The quantitative estimate of drug-likeness (QED) is 0.488. The van der Waals surface area contributed by atoms with Crippen molar-refractivity contribution < 1.29 is 14.3 Å². The molecule has 156 valence electrons. The normalized spacial score (nSPS) is 10.5. The van der Waals surface area contributed by atoms with Gasteiger partial charge in [-0.15, -0.1) is 22.0 Å². The average Bonchev–Trinajstić information content (AvgIpc) is 3.20. The van der Waals surface area contributed by atoms with E-state index in [1.807, 2.05) is 18.4 Å². The van der Waals surface area contributed by atoms with Crippen molar-refractivity contribution in [2.24, 2.45) is 0 Å². The number of hydrogen-bond acceptors (Lipinski definition) is 7. The van der Waals surface area contributed by atoms with Gasteiger partial charge >= 0.3 is 0 Å². The number of carbonyl (C=O) groups is 2. The molecule has 2 amide bonds. The molecular weight excluding hydrogens is 444 g/mol. The number of benzene rings is 2. The number of halogens is 1. The molecule has 0 saturated heterocycles. The van der Waals surface area contributed by atoms with Gasteiger partial charge in [0.2, 0.25) is 5.13 Å². The highest BCUT2D eigenvalue weighted by Crippen LogP contribution is 2.26. The molecule has 2 aromatic carbocycles. The van der Waals surface area contributed by atoms with E-state index in [4.69, 9.17) is 16.3 Å². The van der Waals surface area contributed by atoms with Crippen LogP contribution in [-0.4, -0.2) is 41.9 Å². The van der Waals surface area contributed by atoms with Crippen LogP contribution in [0.5, 0.6) is 5.75 Å². The molecule has 2 N–H and O–H groups in total. The van der Waals surface area contributed by atoms with E-state index in [0.29, 0.717) is 45.0 Å². The van der Waals surface area contributed by atoms with Crippen LogP contribution >= 0.6 is 34.7 Å². The molecule has 0 unspecified atom stereocenters. The Kier molecular flexibility index (Phi) is 7.67. The van der Waals surface area contributed by atoms with Gasteiger partial charge in [-0.05, 0) is 36.6 Å².